The number of rotatable bonds is 7. The summed E-state index contributed by atoms with van der Waals surface area (Å²) in [7, 11) is 4.03. The lowest BCUT2D eigenvalue weighted by molar-refractivity contribution is 0.0506. The van der Waals surface area contributed by atoms with E-state index in [0.29, 0.717) is 30.1 Å². The van der Waals surface area contributed by atoms with Gasteiger partial charge in [0.05, 0.1) is 6.10 Å². The molecular formula is C25H29N3O3. The topological polar surface area (TPSA) is 58.8 Å². The van der Waals surface area contributed by atoms with Gasteiger partial charge in [0.25, 0.3) is 5.91 Å². The summed E-state index contributed by atoms with van der Waals surface area (Å²) in [5, 5.41) is 4.20. The maximum Gasteiger partial charge on any atom is 0.260 e. The number of amides is 1. The first-order valence-corrected chi connectivity index (χ1v) is 10.7. The second-order valence-electron chi connectivity index (χ2n) is 8.21. The first-order chi connectivity index (χ1) is 15.0. The Kier molecular flexibility index (Phi) is 6.37. The number of aryl methyl sites for hydroxylation is 1. The third kappa shape index (κ3) is 4.80. The van der Waals surface area contributed by atoms with E-state index in [2.05, 4.69) is 34.3 Å². The second kappa shape index (κ2) is 9.35. The van der Waals surface area contributed by atoms with Gasteiger partial charge >= 0.3 is 0 Å². The van der Waals surface area contributed by atoms with E-state index < -0.39 is 0 Å². The Hall–Kier alpha value is -3.12. The Morgan fingerprint density at radius 3 is 2.48 bits per heavy atom. The Morgan fingerprint density at radius 2 is 1.84 bits per heavy atom. The van der Waals surface area contributed by atoms with E-state index in [9.17, 15) is 4.79 Å². The average Bonchev–Trinajstić information content (AvgIpc) is 3.43. The highest BCUT2D eigenvalue weighted by Gasteiger charge is 2.29. The fraction of sp³-hybridized carbons (Fsp3) is 0.360. The van der Waals surface area contributed by atoms with Gasteiger partial charge in [-0.25, -0.2) is 0 Å². The minimum atomic E-state index is -0.0789. The van der Waals surface area contributed by atoms with Gasteiger partial charge in [-0.2, -0.15) is 0 Å². The SMILES string of the molecule is Cc1onc(-c2ccccc2)c1C(=O)N(Cc1ccc(N(C)C)cc1)C[C@H]1CCCO1. The lowest BCUT2D eigenvalue weighted by Crippen LogP contribution is -2.37. The fourth-order valence-electron chi connectivity index (χ4n) is 3.95. The molecule has 1 fully saturated rings. The van der Waals surface area contributed by atoms with E-state index in [0.717, 1.165) is 36.3 Å². The van der Waals surface area contributed by atoms with Crippen LogP contribution in [-0.2, 0) is 11.3 Å². The van der Waals surface area contributed by atoms with Crippen LogP contribution in [0.25, 0.3) is 11.3 Å². The molecule has 2 heterocycles. The van der Waals surface area contributed by atoms with E-state index in [1.165, 1.54) is 0 Å². The van der Waals surface area contributed by atoms with Gasteiger partial charge in [0.1, 0.15) is 17.0 Å². The van der Waals surface area contributed by atoms with Gasteiger partial charge in [0.2, 0.25) is 0 Å². The summed E-state index contributed by atoms with van der Waals surface area (Å²) in [4.78, 5) is 17.7. The number of anilines is 1. The van der Waals surface area contributed by atoms with Gasteiger partial charge < -0.3 is 19.1 Å². The zero-order chi connectivity index (χ0) is 21.8. The van der Waals surface area contributed by atoms with Crippen LogP contribution in [0.15, 0.2) is 59.1 Å². The van der Waals surface area contributed by atoms with Crippen molar-refractivity contribution in [3.63, 3.8) is 0 Å². The zero-order valence-corrected chi connectivity index (χ0v) is 18.4. The number of carbonyl (C=O) groups excluding carboxylic acids is 1. The molecule has 1 atom stereocenters. The van der Waals surface area contributed by atoms with Gasteiger partial charge in [-0.1, -0.05) is 47.6 Å². The van der Waals surface area contributed by atoms with Crippen molar-refractivity contribution in [2.75, 3.05) is 32.1 Å². The van der Waals surface area contributed by atoms with Crippen molar-refractivity contribution in [2.24, 2.45) is 0 Å². The smallest absolute Gasteiger partial charge is 0.260 e. The summed E-state index contributed by atoms with van der Waals surface area (Å²) in [6.45, 7) is 3.60. The van der Waals surface area contributed by atoms with Crippen molar-refractivity contribution in [3.8, 4) is 11.3 Å². The summed E-state index contributed by atoms with van der Waals surface area (Å²) in [6, 6.07) is 18.0. The van der Waals surface area contributed by atoms with Crippen LogP contribution in [-0.4, -0.2) is 49.3 Å². The van der Waals surface area contributed by atoms with Crippen LogP contribution in [0.3, 0.4) is 0 Å². The molecule has 4 rings (SSSR count). The molecule has 0 unspecified atom stereocenters. The minimum absolute atomic E-state index is 0.0605. The van der Waals surface area contributed by atoms with Crippen molar-refractivity contribution >= 4 is 11.6 Å². The van der Waals surface area contributed by atoms with Gasteiger partial charge in [-0.3, -0.25) is 4.79 Å². The molecule has 162 valence electrons. The van der Waals surface area contributed by atoms with Gasteiger partial charge in [-0.05, 0) is 37.5 Å². The zero-order valence-electron chi connectivity index (χ0n) is 18.4. The van der Waals surface area contributed by atoms with Crippen LogP contribution in [0.2, 0.25) is 0 Å². The highest BCUT2D eigenvalue weighted by atomic mass is 16.5. The number of benzene rings is 2. The predicted octanol–water partition coefficient (Wildman–Crippen LogP) is 4.54. The molecule has 0 spiro atoms. The van der Waals surface area contributed by atoms with Gasteiger partial charge in [0.15, 0.2) is 0 Å². The molecule has 6 heteroatoms. The molecule has 3 aromatic rings. The Bertz CT molecular complexity index is 1010. The maximum absolute atomic E-state index is 13.8. The van der Waals surface area contributed by atoms with Crippen LogP contribution in [0.4, 0.5) is 5.69 Å². The van der Waals surface area contributed by atoms with Crippen LogP contribution < -0.4 is 4.90 Å². The Balaban J connectivity index is 1.64. The first-order valence-electron chi connectivity index (χ1n) is 10.7. The van der Waals surface area contributed by atoms with Crippen molar-refractivity contribution < 1.29 is 14.1 Å². The van der Waals surface area contributed by atoms with Crippen LogP contribution in [0.5, 0.6) is 0 Å². The number of hydrogen-bond acceptors (Lipinski definition) is 5. The van der Waals surface area contributed by atoms with Gasteiger partial charge in [0, 0.05) is 45.0 Å². The molecule has 1 aliphatic rings. The van der Waals surface area contributed by atoms with E-state index in [1.54, 1.807) is 6.92 Å². The summed E-state index contributed by atoms with van der Waals surface area (Å²) in [6.07, 6.45) is 2.06. The quantitative estimate of drug-likeness (QED) is 0.563. The molecule has 0 bridgehead atoms. The van der Waals surface area contributed by atoms with Crippen molar-refractivity contribution in [2.45, 2.75) is 32.4 Å². The Labute approximate surface area is 183 Å². The average molecular weight is 420 g/mol. The van der Waals surface area contributed by atoms with Crippen LogP contribution in [0, 0.1) is 6.92 Å². The molecular weight excluding hydrogens is 390 g/mol. The molecule has 1 aromatic heterocycles. The van der Waals surface area contributed by atoms with E-state index in [4.69, 9.17) is 9.26 Å². The number of carbonyl (C=O) groups is 1. The van der Waals surface area contributed by atoms with Crippen LogP contribution in [0.1, 0.15) is 34.5 Å². The lowest BCUT2D eigenvalue weighted by Gasteiger charge is -2.26. The molecule has 0 aliphatic carbocycles. The fourth-order valence-corrected chi connectivity index (χ4v) is 3.95. The number of aromatic nitrogens is 1. The number of hydrogen-bond donors (Lipinski definition) is 0. The minimum Gasteiger partial charge on any atom is -0.378 e. The highest BCUT2D eigenvalue weighted by Crippen LogP contribution is 2.28. The summed E-state index contributed by atoms with van der Waals surface area (Å²) < 4.78 is 11.3. The molecule has 2 aromatic carbocycles. The molecule has 1 aliphatic heterocycles. The monoisotopic (exact) mass is 419 g/mol. The molecule has 0 N–H and O–H groups in total. The molecule has 0 radical (unpaired) electrons. The molecule has 6 nitrogen and oxygen atoms in total. The number of nitrogens with zero attached hydrogens (tertiary/aromatic N) is 3. The van der Waals surface area contributed by atoms with Crippen molar-refractivity contribution in [1.82, 2.24) is 10.1 Å². The van der Waals surface area contributed by atoms with Gasteiger partial charge in [-0.15, -0.1) is 0 Å². The largest absolute Gasteiger partial charge is 0.378 e. The second-order valence-corrected chi connectivity index (χ2v) is 8.21. The normalized spacial score (nSPS) is 15.8. The Morgan fingerprint density at radius 1 is 1.10 bits per heavy atom. The van der Waals surface area contributed by atoms with Crippen molar-refractivity contribution in [1.29, 1.82) is 0 Å². The van der Waals surface area contributed by atoms with E-state index in [1.807, 2.05) is 49.3 Å². The molecule has 1 saturated heterocycles. The molecule has 0 saturated carbocycles. The third-order valence-electron chi connectivity index (χ3n) is 5.69. The molecule has 1 amide bonds. The number of ether oxygens (including phenoxy) is 1. The first kappa shape index (κ1) is 21.1. The lowest BCUT2D eigenvalue weighted by atomic mass is 10.0. The maximum atomic E-state index is 13.8. The summed E-state index contributed by atoms with van der Waals surface area (Å²) >= 11 is 0. The predicted molar refractivity (Wildman–Crippen MR) is 121 cm³/mol. The van der Waals surface area contributed by atoms with Crippen LogP contribution >= 0.6 is 0 Å². The van der Waals surface area contributed by atoms with E-state index in [-0.39, 0.29) is 12.0 Å². The standard InChI is InChI=1S/C25H29N3O3/c1-18-23(24(26-31-18)20-8-5-4-6-9-20)25(29)28(17-22-10-7-15-30-22)16-19-11-13-21(14-12-19)27(2)3/h4-6,8-9,11-14,22H,7,10,15-17H2,1-3H3/t22-/m1/s1. The van der Waals surface area contributed by atoms with E-state index >= 15 is 0 Å². The highest BCUT2D eigenvalue weighted by molar-refractivity contribution is 6.00. The summed E-state index contributed by atoms with van der Waals surface area (Å²) in [5.41, 5.74) is 4.18. The van der Waals surface area contributed by atoms with Crippen molar-refractivity contribution in [3.05, 3.63) is 71.5 Å². The summed E-state index contributed by atoms with van der Waals surface area (Å²) in [5.74, 6) is 0.453. The molecule has 31 heavy (non-hydrogen) atoms. The third-order valence-corrected chi connectivity index (χ3v) is 5.69.